The van der Waals surface area contributed by atoms with Gasteiger partial charge in [-0.1, -0.05) is 18.2 Å². The molecule has 0 spiro atoms. The van der Waals surface area contributed by atoms with Crippen LogP contribution in [-0.4, -0.2) is 40.4 Å². The van der Waals surface area contributed by atoms with E-state index < -0.39 is 11.8 Å². The van der Waals surface area contributed by atoms with Crippen LogP contribution in [0.25, 0.3) is 0 Å². The lowest BCUT2D eigenvalue weighted by Crippen LogP contribution is -2.43. The molecule has 6 heteroatoms. The minimum absolute atomic E-state index is 0.0770. The summed E-state index contributed by atoms with van der Waals surface area (Å²) >= 11 is 0. The van der Waals surface area contributed by atoms with Gasteiger partial charge in [0.1, 0.15) is 11.8 Å². The van der Waals surface area contributed by atoms with E-state index in [4.69, 9.17) is 4.74 Å². The van der Waals surface area contributed by atoms with Gasteiger partial charge in [0.15, 0.2) is 0 Å². The van der Waals surface area contributed by atoms with Crippen molar-refractivity contribution in [3.05, 3.63) is 34.9 Å². The van der Waals surface area contributed by atoms with Gasteiger partial charge in [0.25, 0.3) is 0 Å². The SMILES string of the molecule is CC(C)(C)OC(=O)N1CCc2cc(C3CCC(=O)NC3O)ccc2C1. The molecule has 136 valence electrons. The van der Waals surface area contributed by atoms with E-state index in [0.717, 1.165) is 17.5 Å². The lowest BCUT2D eigenvalue weighted by atomic mass is 9.86. The number of nitrogens with zero attached hydrogens (tertiary/aromatic N) is 1. The molecule has 1 fully saturated rings. The number of hydrogen-bond donors (Lipinski definition) is 2. The molecule has 3 rings (SSSR count). The Morgan fingerprint density at radius 3 is 2.72 bits per heavy atom. The normalized spacial score (nSPS) is 23.7. The lowest BCUT2D eigenvalue weighted by molar-refractivity contribution is -0.127. The number of ether oxygens (including phenoxy) is 1. The van der Waals surface area contributed by atoms with E-state index in [1.54, 1.807) is 4.90 Å². The molecule has 0 aromatic heterocycles. The molecule has 2 amide bonds. The van der Waals surface area contributed by atoms with Crippen LogP contribution >= 0.6 is 0 Å². The van der Waals surface area contributed by atoms with Gasteiger partial charge in [-0.2, -0.15) is 0 Å². The Labute approximate surface area is 148 Å². The predicted octanol–water partition coefficient (Wildman–Crippen LogP) is 2.29. The second-order valence-corrected chi connectivity index (χ2v) is 7.84. The number of rotatable bonds is 1. The molecule has 2 atom stereocenters. The van der Waals surface area contributed by atoms with Crippen LogP contribution in [0.2, 0.25) is 0 Å². The van der Waals surface area contributed by atoms with Gasteiger partial charge in [0.05, 0.1) is 0 Å². The van der Waals surface area contributed by atoms with Crippen molar-refractivity contribution in [1.82, 2.24) is 10.2 Å². The highest BCUT2D eigenvalue weighted by Crippen LogP contribution is 2.30. The molecule has 6 nitrogen and oxygen atoms in total. The maximum Gasteiger partial charge on any atom is 0.410 e. The van der Waals surface area contributed by atoms with Crippen LogP contribution in [0.5, 0.6) is 0 Å². The monoisotopic (exact) mass is 346 g/mol. The second kappa shape index (κ2) is 6.67. The quantitative estimate of drug-likeness (QED) is 0.818. The Balaban J connectivity index is 1.71. The topological polar surface area (TPSA) is 78.9 Å². The zero-order chi connectivity index (χ0) is 18.2. The van der Waals surface area contributed by atoms with Crippen molar-refractivity contribution in [2.24, 2.45) is 0 Å². The Kier molecular flexibility index (Phi) is 4.73. The number of fused-ring (bicyclic) bond motifs is 1. The molecular weight excluding hydrogens is 320 g/mol. The standard InChI is InChI=1S/C19H26N2O4/c1-19(2,3)25-18(24)21-9-8-12-10-13(4-5-14(12)11-21)15-6-7-16(22)20-17(15)23/h4-5,10,15,17,23H,6-9,11H2,1-3H3,(H,20,22). The molecule has 0 saturated carbocycles. The van der Waals surface area contributed by atoms with Crippen LogP contribution in [0.3, 0.4) is 0 Å². The summed E-state index contributed by atoms with van der Waals surface area (Å²) in [5.74, 6) is -0.179. The Morgan fingerprint density at radius 1 is 1.28 bits per heavy atom. The third kappa shape index (κ3) is 4.12. The van der Waals surface area contributed by atoms with Crippen molar-refractivity contribution in [2.75, 3.05) is 6.54 Å². The molecule has 25 heavy (non-hydrogen) atoms. The number of aliphatic hydroxyl groups excluding tert-OH is 1. The number of carbonyl (C=O) groups excluding carboxylic acids is 2. The van der Waals surface area contributed by atoms with Crippen LogP contribution in [0.15, 0.2) is 18.2 Å². The molecule has 1 aromatic carbocycles. The summed E-state index contributed by atoms with van der Waals surface area (Å²) in [5.41, 5.74) is 2.84. The predicted molar refractivity (Wildman–Crippen MR) is 92.9 cm³/mol. The van der Waals surface area contributed by atoms with E-state index >= 15 is 0 Å². The van der Waals surface area contributed by atoms with Gasteiger partial charge in [-0.3, -0.25) is 4.79 Å². The van der Waals surface area contributed by atoms with Crippen LogP contribution in [-0.2, 0) is 22.5 Å². The number of amides is 2. The molecule has 2 unspecified atom stereocenters. The van der Waals surface area contributed by atoms with Gasteiger partial charge in [0, 0.05) is 25.4 Å². The van der Waals surface area contributed by atoms with Crippen molar-refractivity contribution < 1.29 is 19.4 Å². The number of piperidine rings is 1. The fourth-order valence-corrected chi connectivity index (χ4v) is 3.42. The summed E-state index contributed by atoms with van der Waals surface area (Å²) in [5, 5.41) is 12.7. The minimum Gasteiger partial charge on any atom is -0.444 e. The summed E-state index contributed by atoms with van der Waals surface area (Å²) < 4.78 is 5.45. The first-order valence-corrected chi connectivity index (χ1v) is 8.80. The van der Waals surface area contributed by atoms with Gasteiger partial charge >= 0.3 is 6.09 Å². The molecule has 2 aliphatic heterocycles. The maximum absolute atomic E-state index is 12.2. The van der Waals surface area contributed by atoms with Crippen LogP contribution in [0, 0.1) is 0 Å². The van der Waals surface area contributed by atoms with E-state index in [1.807, 2.05) is 32.9 Å². The van der Waals surface area contributed by atoms with Crippen LogP contribution in [0.1, 0.15) is 56.2 Å². The average Bonchev–Trinajstić information content (AvgIpc) is 2.52. The highest BCUT2D eigenvalue weighted by molar-refractivity contribution is 5.77. The van der Waals surface area contributed by atoms with E-state index in [1.165, 1.54) is 5.56 Å². The molecule has 2 aliphatic rings. The molecule has 2 N–H and O–H groups in total. The van der Waals surface area contributed by atoms with Crippen molar-refractivity contribution in [3.63, 3.8) is 0 Å². The minimum atomic E-state index is -0.832. The molecule has 0 aliphatic carbocycles. The maximum atomic E-state index is 12.2. The molecule has 1 aromatic rings. The van der Waals surface area contributed by atoms with Crippen molar-refractivity contribution in [2.45, 2.75) is 64.3 Å². The van der Waals surface area contributed by atoms with Gasteiger partial charge in [-0.25, -0.2) is 4.79 Å². The summed E-state index contributed by atoms with van der Waals surface area (Å²) in [6.07, 6.45) is 0.729. The largest absolute Gasteiger partial charge is 0.444 e. The molecule has 1 saturated heterocycles. The number of aliphatic hydroxyl groups is 1. The summed E-state index contributed by atoms with van der Waals surface area (Å²) in [6, 6.07) is 6.11. The van der Waals surface area contributed by atoms with Crippen LogP contribution in [0.4, 0.5) is 4.79 Å². The molecule has 0 radical (unpaired) electrons. The average molecular weight is 346 g/mol. The fourth-order valence-electron chi connectivity index (χ4n) is 3.42. The third-order valence-electron chi connectivity index (χ3n) is 4.69. The lowest BCUT2D eigenvalue weighted by Gasteiger charge is -2.33. The summed E-state index contributed by atoms with van der Waals surface area (Å²) in [4.78, 5) is 25.3. The first kappa shape index (κ1) is 17.7. The first-order chi connectivity index (χ1) is 11.7. The van der Waals surface area contributed by atoms with E-state index in [2.05, 4.69) is 11.4 Å². The van der Waals surface area contributed by atoms with Crippen molar-refractivity contribution in [3.8, 4) is 0 Å². The van der Waals surface area contributed by atoms with E-state index in [9.17, 15) is 14.7 Å². The van der Waals surface area contributed by atoms with E-state index in [0.29, 0.717) is 25.9 Å². The number of carbonyl (C=O) groups is 2. The highest BCUT2D eigenvalue weighted by atomic mass is 16.6. The van der Waals surface area contributed by atoms with Crippen molar-refractivity contribution in [1.29, 1.82) is 0 Å². The molecule has 0 bridgehead atoms. The Hall–Kier alpha value is -2.08. The zero-order valence-corrected chi connectivity index (χ0v) is 15.0. The first-order valence-electron chi connectivity index (χ1n) is 8.80. The fraction of sp³-hybridized carbons (Fsp3) is 0.579. The number of hydrogen-bond acceptors (Lipinski definition) is 4. The third-order valence-corrected chi connectivity index (χ3v) is 4.69. The molecule has 2 heterocycles. The number of nitrogens with one attached hydrogen (secondary N) is 1. The van der Waals surface area contributed by atoms with Gasteiger partial charge in [-0.15, -0.1) is 0 Å². The summed E-state index contributed by atoms with van der Waals surface area (Å²) in [7, 11) is 0. The van der Waals surface area contributed by atoms with Gasteiger partial charge in [-0.05, 0) is 50.3 Å². The van der Waals surface area contributed by atoms with E-state index in [-0.39, 0.29) is 17.9 Å². The van der Waals surface area contributed by atoms with Crippen LogP contribution < -0.4 is 5.32 Å². The second-order valence-electron chi connectivity index (χ2n) is 7.84. The van der Waals surface area contributed by atoms with Gasteiger partial charge in [0.2, 0.25) is 5.91 Å². The summed E-state index contributed by atoms with van der Waals surface area (Å²) in [6.45, 7) is 6.75. The Morgan fingerprint density at radius 2 is 2.04 bits per heavy atom. The highest BCUT2D eigenvalue weighted by Gasteiger charge is 2.30. The van der Waals surface area contributed by atoms with Crippen molar-refractivity contribution >= 4 is 12.0 Å². The van der Waals surface area contributed by atoms with Gasteiger partial charge < -0.3 is 20.1 Å². The number of benzene rings is 1. The zero-order valence-electron chi connectivity index (χ0n) is 15.0. The molecular formula is C19H26N2O4. The smallest absolute Gasteiger partial charge is 0.410 e. The Bertz CT molecular complexity index is 680.